The molecule has 6 heteroatoms. The van der Waals surface area contributed by atoms with Crippen molar-refractivity contribution in [1.82, 2.24) is 9.97 Å². The lowest BCUT2D eigenvalue weighted by Gasteiger charge is -2.24. The van der Waals surface area contributed by atoms with Crippen molar-refractivity contribution in [1.29, 1.82) is 0 Å². The summed E-state index contributed by atoms with van der Waals surface area (Å²) in [6, 6.07) is 1.39. The average Bonchev–Trinajstić information content (AvgIpc) is 2.75. The Morgan fingerprint density at radius 3 is 3.11 bits per heavy atom. The van der Waals surface area contributed by atoms with Crippen LogP contribution < -0.4 is 10.5 Å². The van der Waals surface area contributed by atoms with Crippen LogP contribution in [0, 0.1) is 0 Å². The van der Waals surface area contributed by atoms with E-state index in [1.807, 2.05) is 11.8 Å². The highest BCUT2D eigenvalue weighted by molar-refractivity contribution is 5.68. The first kappa shape index (κ1) is 12.6. The van der Waals surface area contributed by atoms with Gasteiger partial charge in [-0.05, 0) is 12.8 Å². The molecule has 0 spiro atoms. The molecule has 0 bridgehead atoms. The number of aromatic amines is 1. The minimum Gasteiger partial charge on any atom is -0.481 e. The number of hydrogen-bond donors (Lipinski definition) is 2. The van der Waals surface area contributed by atoms with Crippen molar-refractivity contribution in [3.05, 3.63) is 22.2 Å². The minimum atomic E-state index is -0.813. The monoisotopic (exact) mass is 251 g/mol. The van der Waals surface area contributed by atoms with Crippen LogP contribution in [-0.4, -0.2) is 33.6 Å². The molecule has 1 aliphatic rings. The molecule has 6 nitrogen and oxygen atoms in total. The van der Waals surface area contributed by atoms with Crippen molar-refractivity contribution in [3.63, 3.8) is 0 Å². The molecule has 1 unspecified atom stereocenters. The van der Waals surface area contributed by atoms with Crippen molar-refractivity contribution in [2.24, 2.45) is 0 Å². The molecule has 0 radical (unpaired) electrons. The number of carboxylic acids is 1. The zero-order chi connectivity index (χ0) is 13.1. The number of aliphatic carboxylic acids is 1. The second-order valence-electron chi connectivity index (χ2n) is 4.49. The standard InChI is InChI=1S/C12H17N3O3/c1-2-9-13-10(7-11(16)14-9)15-5-3-4-8(15)6-12(17)18/h7-8H,2-6H2,1H3,(H,17,18)(H,13,14,16). The fourth-order valence-electron chi connectivity index (χ4n) is 2.36. The van der Waals surface area contributed by atoms with Gasteiger partial charge in [-0.25, -0.2) is 4.98 Å². The molecule has 1 atom stereocenters. The molecule has 1 aliphatic heterocycles. The van der Waals surface area contributed by atoms with Gasteiger partial charge in [0, 0.05) is 25.1 Å². The molecule has 0 amide bonds. The Morgan fingerprint density at radius 1 is 1.67 bits per heavy atom. The molecule has 18 heavy (non-hydrogen) atoms. The van der Waals surface area contributed by atoms with E-state index in [0.717, 1.165) is 19.4 Å². The van der Waals surface area contributed by atoms with Crippen LogP contribution in [0.2, 0.25) is 0 Å². The van der Waals surface area contributed by atoms with Crippen molar-refractivity contribution in [3.8, 4) is 0 Å². The smallest absolute Gasteiger partial charge is 0.305 e. The third kappa shape index (κ3) is 2.69. The van der Waals surface area contributed by atoms with Crippen molar-refractivity contribution in [2.75, 3.05) is 11.4 Å². The second-order valence-corrected chi connectivity index (χ2v) is 4.49. The maximum absolute atomic E-state index is 11.5. The summed E-state index contributed by atoms with van der Waals surface area (Å²) in [7, 11) is 0. The van der Waals surface area contributed by atoms with Gasteiger partial charge in [-0.3, -0.25) is 9.59 Å². The number of carbonyl (C=O) groups is 1. The number of aryl methyl sites for hydroxylation is 1. The lowest BCUT2D eigenvalue weighted by Crippen LogP contribution is -2.33. The third-order valence-corrected chi connectivity index (χ3v) is 3.19. The molecule has 2 rings (SSSR count). The quantitative estimate of drug-likeness (QED) is 0.825. The van der Waals surface area contributed by atoms with Gasteiger partial charge in [-0.2, -0.15) is 0 Å². The molecule has 0 saturated carbocycles. The summed E-state index contributed by atoms with van der Waals surface area (Å²) >= 11 is 0. The van der Waals surface area contributed by atoms with Crippen LogP contribution in [0.4, 0.5) is 5.82 Å². The van der Waals surface area contributed by atoms with E-state index in [-0.39, 0.29) is 18.0 Å². The fraction of sp³-hybridized carbons (Fsp3) is 0.583. The largest absolute Gasteiger partial charge is 0.481 e. The Hall–Kier alpha value is -1.85. The lowest BCUT2D eigenvalue weighted by atomic mass is 10.1. The van der Waals surface area contributed by atoms with Crippen LogP contribution >= 0.6 is 0 Å². The van der Waals surface area contributed by atoms with E-state index < -0.39 is 5.97 Å². The Kier molecular flexibility index (Phi) is 3.64. The number of rotatable bonds is 4. The molecule has 1 aromatic heterocycles. The molecule has 2 heterocycles. The lowest BCUT2D eigenvalue weighted by molar-refractivity contribution is -0.137. The van der Waals surface area contributed by atoms with Gasteiger partial charge in [0.15, 0.2) is 0 Å². The van der Waals surface area contributed by atoms with Gasteiger partial charge in [0.1, 0.15) is 11.6 Å². The van der Waals surface area contributed by atoms with Gasteiger partial charge in [0.25, 0.3) is 5.56 Å². The summed E-state index contributed by atoms with van der Waals surface area (Å²) < 4.78 is 0. The number of aromatic nitrogens is 2. The van der Waals surface area contributed by atoms with Gasteiger partial charge in [0.05, 0.1) is 6.42 Å². The SMILES string of the molecule is CCc1nc(N2CCCC2CC(=O)O)cc(=O)[nH]1. The summed E-state index contributed by atoms with van der Waals surface area (Å²) in [6.45, 7) is 2.68. The average molecular weight is 251 g/mol. The molecule has 0 aromatic carbocycles. The van der Waals surface area contributed by atoms with Crippen molar-refractivity contribution in [2.45, 2.75) is 38.6 Å². The fourth-order valence-corrected chi connectivity index (χ4v) is 2.36. The number of nitrogens with zero attached hydrogens (tertiary/aromatic N) is 2. The normalized spacial score (nSPS) is 19.2. The van der Waals surface area contributed by atoms with Crippen LogP contribution in [0.25, 0.3) is 0 Å². The van der Waals surface area contributed by atoms with E-state index in [1.54, 1.807) is 0 Å². The summed E-state index contributed by atoms with van der Waals surface area (Å²) in [6.07, 6.45) is 2.52. The van der Waals surface area contributed by atoms with E-state index in [9.17, 15) is 9.59 Å². The number of anilines is 1. The van der Waals surface area contributed by atoms with Crippen molar-refractivity contribution < 1.29 is 9.90 Å². The first-order valence-electron chi connectivity index (χ1n) is 6.19. The van der Waals surface area contributed by atoms with Gasteiger partial charge in [0.2, 0.25) is 0 Å². The molecule has 1 saturated heterocycles. The molecule has 98 valence electrons. The van der Waals surface area contributed by atoms with E-state index in [0.29, 0.717) is 18.1 Å². The highest BCUT2D eigenvalue weighted by Crippen LogP contribution is 2.25. The molecule has 1 fully saturated rings. The van der Waals surface area contributed by atoms with Gasteiger partial charge < -0.3 is 15.0 Å². The predicted molar refractivity (Wildman–Crippen MR) is 66.9 cm³/mol. The van der Waals surface area contributed by atoms with Crippen molar-refractivity contribution >= 4 is 11.8 Å². The van der Waals surface area contributed by atoms with Crippen LogP contribution in [0.5, 0.6) is 0 Å². The summed E-state index contributed by atoms with van der Waals surface area (Å²) in [5.74, 6) is 0.422. The molecular weight excluding hydrogens is 234 g/mol. The van der Waals surface area contributed by atoms with Crippen LogP contribution in [-0.2, 0) is 11.2 Å². The molecular formula is C12H17N3O3. The highest BCUT2D eigenvalue weighted by Gasteiger charge is 2.28. The molecule has 0 aliphatic carbocycles. The second kappa shape index (κ2) is 5.20. The Labute approximate surface area is 105 Å². The number of H-pyrrole nitrogens is 1. The van der Waals surface area contributed by atoms with Gasteiger partial charge >= 0.3 is 5.97 Å². The summed E-state index contributed by atoms with van der Waals surface area (Å²) in [4.78, 5) is 31.3. The zero-order valence-corrected chi connectivity index (χ0v) is 10.3. The van der Waals surface area contributed by atoms with E-state index in [4.69, 9.17) is 5.11 Å². The highest BCUT2D eigenvalue weighted by atomic mass is 16.4. The number of hydrogen-bond acceptors (Lipinski definition) is 4. The molecule has 1 aromatic rings. The molecule has 2 N–H and O–H groups in total. The first-order valence-corrected chi connectivity index (χ1v) is 6.19. The maximum atomic E-state index is 11.5. The Morgan fingerprint density at radius 2 is 2.44 bits per heavy atom. The van der Waals surface area contributed by atoms with Crippen LogP contribution in [0.15, 0.2) is 10.9 Å². The predicted octanol–water partition coefficient (Wildman–Crippen LogP) is 0.776. The van der Waals surface area contributed by atoms with E-state index in [2.05, 4.69) is 9.97 Å². The summed E-state index contributed by atoms with van der Waals surface area (Å²) in [5, 5.41) is 8.88. The Bertz CT molecular complexity index is 498. The number of nitrogens with one attached hydrogen (secondary N) is 1. The minimum absolute atomic E-state index is 0.0542. The summed E-state index contributed by atoms with van der Waals surface area (Å²) in [5.41, 5.74) is -0.183. The van der Waals surface area contributed by atoms with Gasteiger partial charge in [-0.15, -0.1) is 0 Å². The zero-order valence-electron chi connectivity index (χ0n) is 10.3. The van der Waals surface area contributed by atoms with Crippen LogP contribution in [0.1, 0.15) is 32.0 Å². The third-order valence-electron chi connectivity index (χ3n) is 3.19. The maximum Gasteiger partial charge on any atom is 0.305 e. The topological polar surface area (TPSA) is 86.3 Å². The first-order chi connectivity index (χ1) is 8.60. The van der Waals surface area contributed by atoms with Gasteiger partial charge in [-0.1, -0.05) is 6.92 Å². The van der Waals surface area contributed by atoms with E-state index in [1.165, 1.54) is 6.07 Å². The van der Waals surface area contributed by atoms with Crippen LogP contribution in [0.3, 0.4) is 0 Å². The number of carboxylic acid groups (broad SMARTS) is 1. The Balaban J connectivity index is 2.26. The van der Waals surface area contributed by atoms with E-state index >= 15 is 0 Å².